The largest absolute Gasteiger partial charge is 0.367 e. The molecule has 1 aliphatic heterocycles. The van der Waals surface area contributed by atoms with E-state index in [1.807, 2.05) is 20.8 Å². The van der Waals surface area contributed by atoms with Gasteiger partial charge in [0.05, 0.1) is 12.6 Å². The van der Waals surface area contributed by atoms with Gasteiger partial charge in [-0.25, -0.2) is 4.39 Å². The van der Waals surface area contributed by atoms with Crippen molar-refractivity contribution in [2.75, 3.05) is 26.7 Å². The minimum atomic E-state index is -0.258. The number of nitrogens with zero attached hydrogens (tertiary/aromatic N) is 2. The molecule has 144 valence electrons. The molecule has 0 bridgehead atoms. The van der Waals surface area contributed by atoms with Gasteiger partial charge >= 0.3 is 0 Å². The van der Waals surface area contributed by atoms with Crippen molar-refractivity contribution in [2.45, 2.75) is 45.4 Å². The number of halogens is 1. The summed E-state index contributed by atoms with van der Waals surface area (Å²) >= 11 is 0. The first-order valence-corrected chi connectivity index (χ1v) is 9.05. The molecule has 1 saturated heterocycles. The lowest BCUT2D eigenvalue weighted by Crippen LogP contribution is -2.51. The van der Waals surface area contributed by atoms with Crippen molar-refractivity contribution in [2.24, 2.45) is 4.99 Å². The first kappa shape index (κ1) is 20.2. The predicted molar refractivity (Wildman–Crippen MR) is 101 cm³/mol. The molecule has 2 rings (SSSR count). The van der Waals surface area contributed by atoms with Crippen molar-refractivity contribution in [3.63, 3.8) is 0 Å². The summed E-state index contributed by atoms with van der Waals surface area (Å²) in [6.07, 6.45) is 0.252. The van der Waals surface area contributed by atoms with Gasteiger partial charge in [-0.05, 0) is 38.5 Å². The van der Waals surface area contributed by atoms with E-state index >= 15 is 0 Å². The Kier molecular flexibility index (Phi) is 7.38. The number of rotatable bonds is 5. The molecule has 0 saturated carbocycles. The second-order valence-electron chi connectivity index (χ2n) is 6.84. The van der Waals surface area contributed by atoms with Crippen LogP contribution in [0.15, 0.2) is 29.3 Å². The lowest BCUT2D eigenvalue weighted by Gasteiger charge is -2.38. The monoisotopic (exact) mass is 364 g/mol. The molecule has 1 aliphatic rings. The molecule has 1 aromatic carbocycles. The normalized spacial score (nSPS) is 21.0. The van der Waals surface area contributed by atoms with E-state index in [2.05, 4.69) is 20.5 Å². The van der Waals surface area contributed by atoms with Gasteiger partial charge in [-0.1, -0.05) is 12.1 Å². The lowest BCUT2D eigenvalue weighted by molar-refractivity contribution is -0.121. The Labute approximate surface area is 154 Å². The standard InChI is InChI=1S/C19H29FN4O2/c1-13(2)23-18(25)9-10-22-19(21-4)24-11-14(3)26-17(12-24)15-5-7-16(20)8-6-15/h5-8,13-14,17H,9-12H2,1-4H3,(H,21,22)(H,23,25). The summed E-state index contributed by atoms with van der Waals surface area (Å²) in [5.74, 6) is 0.499. The molecule has 1 heterocycles. The quantitative estimate of drug-likeness (QED) is 0.620. The van der Waals surface area contributed by atoms with Gasteiger partial charge in [-0.3, -0.25) is 9.79 Å². The van der Waals surface area contributed by atoms with Gasteiger partial charge < -0.3 is 20.3 Å². The SMILES string of the molecule is CN=C(NCCC(=O)NC(C)C)N1CC(C)OC(c2ccc(F)cc2)C1. The van der Waals surface area contributed by atoms with Crippen molar-refractivity contribution in [1.29, 1.82) is 0 Å². The molecule has 1 aromatic rings. The third-order valence-corrected chi connectivity index (χ3v) is 4.10. The molecule has 0 radical (unpaired) electrons. The molecular weight excluding hydrogens is 335 g/mol. The van der Waals surface area contributed by atoms with Crippen LogP contribution in [0.5, 0.6) is 0 Å². The van der Waals surface area contributed by atoms with Crippen molar-refractivity contribution in [3.8, 4) is 0 Å². The zero-order valence-corrected chi connectivity index (χ0v) is 16.0. The van der Waals surface area contributed by atoms with Crippen molar-refractivity contribution in [3.05, 3.63) is 35.6 Å². The molecule has 7 heteroatoms. The fourth-order valence-electron chi connectivity index (χ4n) is 3.00. The van der Waals surface area contributed by atoms with Gasteiger partial charge in [0.15, 0.2) is 5.96 Å². The summed E-state index contributed by atoms with van der Waals surface area (Å²) in [6.45, 7) is 7.72. The molecule has 2 unspecified atom stereocenters. The van der Waals surface area contributed by atoms with Crippen LogP contribution in [-0.2, 0) is 9.53 Å². The highest BCUT2D eigenvalue weighted by molar-refractivity contribution is 5.81. The summed E-state index contributed by atoms with van der Waals surface area (Å²) < 4.78 is 19.2. The fraction of sp³-hybridized carbons (Fsp3) is 0.579. The third-order valence-electron chi connectivity index (χ3n) is 4.10. The molecule has 0 aliphatic carbocycles. The first-order valence-electron chi connectivity index (χ1n) is 9.05. The van der Waals surface area contributed by atoms with Crippen LogP contribution >= 0.6 is 0 Å². The molecule has 0 aromatic heterocycles. The maximum Gasteiger partial charge on any atom is 0.221 e. The highest BCUT2D eigenvalue weighted by Crippen LogP contribution is 2.25. The number of hydrogen-bond donors (Lipinski definition) is 2. The number of morpholine rings is 1. The summed E-state index contributed by atoms with van der Waals surface area (Å²) in [4.78, 5) is 18.2. The highest BCUT2D eigenvalue weighted by Gasteiger charge is 2.28. The van der Waals surface area contributed by atoms with Crippen LogP contribution < -0.4 is 10.6 Å². The van der Waals surface area contributed by atoms with Crippen LogP contribution in [0.4, 0.5) is 4.39 Å². The van der Waals surface area contributed by atoms with E-state index in [0.717, 1.165) is 11.5 Å². The molecule has 6 nitrogen and oxygen atoms in total. The van der Waals surface area contributed by atoms with E-state index in [-0.39, 0.29) is 30.0 Å². The van der Waals surface area contributed by atoms with E-state index in [1.54, 1.807) is 19.2 Å². The van der Waals surface area contributed by atoms with Crippen LogP contribution in [0.1, 0.15) is 38.9 Å². The van der Waals surface area contributed by atoms with Crippen LogP contribution in [-0.4, -0.2) is 55.6 Å². The topological polar surface area (TPSA) is 66.0 Å². The number of guanidine groups is 1. The summed E-state index contributed by atoms with van der Waals surface area (Å²) in [7, 11) is 1.73. The molecule has 1 fully saturated rings. The van der Waals surface area contributed by atoms with Gasteiger partial charge in [0, 0.05) is 32.6 Å². The van der Waals surface area contributed by atoms with Crippen molar-refractivity contribution in [1.82, 2.24) is 15.5 Å². The Bertz CT molecular complexity index is 618. The Morgan fingerprint density at radius 2 is 2.04 bits per heavy atom. The number of amides is 1. The van der Waals surface area contributed by atoms with Crippen LogP contribution in [0.3, 0.4) is 0 Å². The number of nitrogens with one attached hydrogen (secondary N) is 2. The molecule has 2 atom stereocenters. The minimum Gasteiger partial charge on any atom is -0.367 e. The fourth-order valence-corrected chi connectivity index (χ4v) is 3.00. The number of carbonyl (C=O) groups excluding carboxylic acids is 1. The van der Waals surface area contributed by atoms with Crippen molar-refractivity contribution < 1.29 is 13.9 Å². The number of benzene rings is 1. The molecular formula is C19H29FN4O2. The average Bonchev–Trinajstić information content (AvgIpc) is 2.58. The van der Waals surface area contributed by atoms with E-state index in [0.29, 0.717) is 26.1 Å². The number of aliphatic imine (C=N–C) groups is 1. The van der Waals surface area contributed by atoms with Gasteiger partial charge in [0.25, 0.3) is 0 Å². The van der Waals surface area contributed by atoms with Crippen molar-refractivity contribution >= 4 is 11.9 Å². The molecule has 2 N–H and O–H groups in total. The minimum absolute atomic E-state index is 0.0154. The second-order valence-corrected chi connectivity index (χ2v) is 6.84. The Hall–Kier alpha value is -2.15. The Balaban J connectivity index is 1.94. The average molecular weight is 364 g/mol. The molecule has 0 spiro atoms. The lowest BCUT2D eigenvalue weighted by atomic mass is 10.1. The maximum absolute atomic E-state index is 13.2. The van der Waals surface area contributed by atoms with Gasteiger partial charge in [-0.15, -0.1) is 0 Å². The predicted octanol–water partition coefficient (Wildman–Crippen LogP) is 2.08. The number of carbonyl (C=O) groups is 1. The van der Waals surface area contributed by atoms with E-state index in [1.165, 1.54) is 12.1 Å². The van der Waals surface area contributed by atoms with Gasteiger partial charge in [0.2, 0.25) is 5.91 Å². The number of ether oxygens (including phenoxy) is 1. The van der Waals surface area contributed by atoms with Crippen LogP contribution in [0.2, 0.25) is 0 Å². The Morgan fingerprint density at radius 3 is 2.65 bits per heavy atom. The van der Waals surface area contributed by atoms with Gasteiger partial charge in [0.1, 0.15) is 11.9 Å². The zero-order chi connectivity index (χ0) is 19.1. The first-order chi connectivity index (χ1) is 12.4. The zero-order valence-electron chi connectivity index (χ0n) is 16.0. The molecule has 1 amide bonds. The molecule has 26 heavy (non-hydrogen) atoms. The summed E-state index contributed by atoms with van der Waals surface area (Å²) in [6, 6.07) is 6.54. The van der Waals surface area contributed by atoms with E-state index in [9.17, 15) is 9.18 Å². The highest BCUT2D eigenvalue weighted by atomic mass is 19.1. The summed E-state index contributed by atoms with van der Waals surface area (Å²) in [5.41, 5.74) is 0.940. The van der Waals surface area contributed by atoms with E-state index in [4.69, 9.17) is 4.74 Å². The Morgan fingerprint density at radius 1 is 1.35 bits per heavy atom. The van der Waals surface area contributed by atoms with Gasteiger partial charge in [-0.2, -0.15) is 0 Å². The second kappa shape index (κ2) is 9.52. The smallest absolute Gasteiger partial charge is 0.221 e. The van der Waals surface area contributed by atoms with E-state index < -0.39 is 0 Å². The summed E-state index contributed by atoms with van der Waals surface area (Å²) in [5, 5.41) is 6.12. The van der Waals surface area contributed by atoms with Crippen LogP contribution in [0, 0.1) is 5.82 Å². The van der Waals surface area contributed by atoms with Crippen LogP contribution in [0.25, 0.3) is 0 Å². The number of hydrogen-bond acceptors (Lipinski definition) is 3. The maximum atomic E-state index is 13.2. The third kappa shape index (κ3) is 5.98.